The maximum absolute atomic E-state index is 11.8. The summed E-state index contributed by atoms with van der Waals surface area (Å²) in [7, 11) is -3.14. The molecule has 0 aliphatic heterocycles. The number of hydrogen-bond acceptors (Lipinski definition) is 2. The predicted octanol–water partition coefficient (Wildman–Crippen LogP) is 2.36. The molecular formula is C11H22ClNO2S. The summed E-state index contributed by atoms with van der Waals surface area (Å²) in [6.45, 7) is 4.08. The van der Waals surface area contributed by atoms with Gasteiger partial charge >= 0.3 is 0 Å². The molecule has 1 aliphatic carbocycles. The van der Waals surface area contributed by atoms with Crippen molar-refractivity contribution in [2.45, 2.75) is 45.6 Å². The average molecular weight is 268 g/mol. The third-order valence-corrected chi connectivity index (χ3v) is 5.36. The van der Waals surface area contributed by atoms with Crippen molar-refractivity contribution in [1.29, 1.82) is 0 Å². The first-order valence-electron chi connectivity index (χ1n) is 5.99. The van der Waals surface area contributed by atoms with Crippen LogP contribution in [0.1, 0.15) is 39.5 Å². The Balaban J connectivity index is 2.40. The highest BCUT2D eigenvalue weighted by atomic mass is 35.5. The van der Waals surface area contributed by atoms with E-state index < -0.39 is 10.0 Å². The molecule has 1 saturated carbocycles. The van der Waals surface area contributed by atoms with Crippen LogP contribution in [0.4, 0.5) is 0 Å². The molecule has 0 bridgehead atoms. The van der Waals surface area contributed by atoms with E-state index in [1.807, 2.05) is 6.92 Å². The zero-order valence-electron chi connectivity index (χ0n) is 10.1. The molecule has 1 fully saturated rings. The lowest BCUT2D eigenvalue weighted by molar-refractivity contribution is 0.332. The fourth-order valence-corrected chi connectivity index (χ4v) is 4.04. The number of sulfonamides is 1. The second-order valence-electron chi connectivity index (χ2n) is 5.12. The van der Waals surface area contributed by atoms with Crippen molar-refractivity contribution in [2.24, 2.45) is 11.8 Å². The van der Waals surface area contributed by atoms with Crippen LogP contribution in [0.2, 0.25) is 0 Å². The fourth-order valence-electron chi connectivity index (χ4n) is 2.10. The van der Waals surface area contributed by atoms with Crippen molar-refractivity contribution in [1.82, 2.24) is 4.72 Å². The SMILES string of the molecule is CC1CCC(NS(=O)(=O)CC(C)CCl)CC1. The maximum atomic E-state index is 11.8. The highest BCUT2D eigenvalue weighted by molar-refractivity contribution is 7.89. The molecule has 3 nitrogen and oxygen atoms in total. The van der Waals surface area contributed by atoms with Crippen molar-refractivity contribution in [3.05, 3.63) is 0 Å². The van der Waals surface area contributed by atoms with Gasteiger partial charge < -0.3 is 0 Å². The van der Waals surface area contributed by atoms with Crippen LogP contribution in [0.25, 0.3) is 0 Å². The summed E-state index contributed by atoms with van der Waals surface area (Å²) in [5, 5.41) is 0. The average Bonchev–Trinajstić information content (AvgIpc) is 2.20. The van der Waals surface area contributed by atoms with Crippen LogP contribution >= 0.6 is 11.6 Å². The third kappa shape index (κ3) is 5.02. The minimum Gasteiger partial charge on any atom is -0.212 e. The molecule has 0 aromatic carbocycles. The maximum Gasteiger partial charge on any atom is 0.212 e. The smallest absolute Gasteiger partial charge is 0.212 e. The highest BCUT2D eigenvalue weighted by Crippen LogP contribution is 2.24. The van der Waals surface area contributed by atoms with Crippen LogP contribution in [0.3, 0.4) is 0 Å². The van der Waals surface area contributed by atoms with Crippen LogP contribution < -0.4 is 4.72 Å². The van der Waals surface area contributed by atoms with E-state index in [-0.39, 0.29) is 17.7 Å². The Morgan fingerprint density at radius 1 is 1.31 bits per heavy atom. The van der Waals surface area contributed by atoms with Crippen molar-refractivity contribution in [3.63, 3.8) is 0 Å². The molecule has 1 unspecified atom stereocenters. The van der Waals surface area contributed by atoms with Gasteiger partial charge in [-0.15, -0.1) is 11.6 Å². The Kier molecular flexibility index (Phi) is 5.54. The Labute approximate surface area is 104 Å². The molecule has 5 heteroatoms. The standard InChI is InChI=1S/C11H22ClNO2S/c1-9-3-5-11(6-4-9)13-16(14,15)8-10(2)7-12/h9-11,13H,3-8H2,1-2H3. The van der Waals surface area contributed by atoms with Crippen molar-refractivity contribution < 1.29 is 8.42 Å². The van der Waals surface area contributed by atoms with Crippen molar-refractivity contribution in [3.8, 4) is 0 Å². The fraction of sp³-hybridized carbons (Fsp3) is 1.00. The summed E-state index contributed by atoms with van der Waals surface area (Å²) in [6.07, 6.45) is 4.18. The first-order chi connectivity index (χ1) is 7.43. The molecular weight excluding hydrogens is 246 g/mol. The molecule has 0 spiro atoms. The summed E-state index contributed by atoms with van der Waals surface area (Å²) < 4.78 is 26.4. The van der Waals surface area contributed by atoms with Gasteiger partial charge in [-0.1, -0.05) is 13.8 Å². The molecule has 0 radical (unpaired) electrons. The molecule has 1 atom stereocenters. The summed E-state index contributed by atoms with van der Waals surface area (Å²) in [5.41, 5.74) is 0. The monoisotopic (exact) mass is 267 g/mol. The van der Waals surface area contributed by atoms with Gasteiger partial charge in [-0.05, 0) is 37.5 Å². The van der Waals surface area contributed by atoms with Gasteiger partial charge in [0.25, 0.3) is 0 Å². The van der Waals surface area contributed by atoms with E-state index in [0.717, 1.165) is 31.6 Å². The minimum atomic E-state index is -3.14. The summed E-state index contributed by atoms with van der Waals surface area (Å²) >= 11 is 5.63. The molecule has 0 aromatic rings. The number of rotatable bonds is 5. The van der Waals surface area contributed by atoms with Gasteiger partial charge in [0.05, 0.1) is 5.75 Å². The van der Waals surface area contributed by atoms with E-state index in [9.17, 15) is 8.42 Å². The molecule has 0 amide bonds. The number of nitrogens with one attached hydrogen (secondary N) is 1. The Morgan fingerprint density at radius 2 is 1.88 bits per heavy atom. The van der Waals surface area contributed by atoms with Gasteiger partial charge in [0, 0.05) is 11.9 Å². The van der Waals surface area contributed by atoms with Crippen LogP contribution in [-0.2, 0) is 10.0 Å². The van der Waals surface area contributed by atoms with Crippen LogP contribution in [0.15, 0.2) is 0 Å². The van der Waals surface area contributed by atoms with E-state index in [2.05, 4.69) is 11.6 Å². The molecule has 96 valence electrons. The Hall–Kier alpha value is 0.200. The lowest BCUT2D eigenvalue weighted by Crippen LogP contribution is -2.39. The summed E-state index contributed by atoms with van der Waals surface area (Å²) in [6, 6.07) is 0.142. The first kappa shape index (κ1) is 14.3. The topological polar surface area (TPSA) is 46.2 Å². The molecule has 1 rings (SSSR count). The van der Waals surface area contributed by atoms with Gasteiger partial charge in [-0.3, -0.25) is 0 Å². The largest absolute Gasteiger partial charge is 0.212 e. The Morgan fingerprint density at radius 3 is 2.38 bits per heavy atom. The van der Waals surface area contributed by atoms with Crippen molar-refractivity contribution in [2.75, 3.05) is 11.6 Å². The van der Waals surface area contributed by atoms with E-state index in [0.29, 0.717) is 5.88 Å². The van der Waals surface area contributed by atoms with E-state index in [4.69, 9.17) is 11.6 Å². The van der Waals surface area contributed by atoms with Crippen molar-refractivity contribution >= 4 is 21.6 Å². The second-order valence-corrected chi connectivity index (χ2v) is 7.22. The molecule has 1 N–H and O–H groups in total. The lowest BCUT2D eigenvalue weighted by atomic mass is 9.88. The Bertz CT molecular complexity index is 297. The van der Waals surface area contributed by atoms with Gasteiger partial charge in [0.15, 0.2) is 0 Å². The molecule has 0 aromatic heterocycles. The number of alkyl halides is 1. The van der Waals surface area contributed by atoms with E-state index >= 15 is 0 Å². The quantitative estimate of drug-likeness (QED) is 0.778. The number of hydrogen-bond donors (Lipinski definition) is 1. The molecule has 0 heterocycles. The van der Waals surface area contributed by atoms with E-state index in [1.165, 1.54) is 0 Å². The predicted molar refractivity (Wildman–Crippen MR) is 68.2 cm³/mol. The van der Waals surface area contributed by atoms with Gasteiger partial charge in [0.2, 0.25) is 10.0 Å². The zero-order valence-corrected chi connectivity index (χ0v) is 11.6. The molecule has 1 aliphatic rings. The second kappa shape index (κ2) is 6.22. The van der Waals surface area contributed by atoms with Crippen LogP contribution in [-0.4, -0.2) is 26.1 Å². The molecule has 0 saturated heterocycles. The highest BCUT2D eigenvalue weighted by Gasteiger charge is 2.23. The van der Waals surface area contributed by atoms with Gasteiger partial charge in [-0.2, -0.15) is 0 Å². The number of halogens is 1. The third-order valence-electron chi connectivity index (χ3n) is 3.13. The normalized spacial score (nSPS) is 28.9. The van der Waals surface area contributed by atoms with Gasteiger partial charge in [0.1, 0.15) is 0 Å². The lowest BCUT2D eigenvalue weighted by Gasteiger charge is -2.27. The summed E-state index contributed by atoms with van der Waals surface area (Å²) in [4.78, 5) is 0. The minimum absolute atomic E-state index is 0.0154. The first-order valence-corrected chi connectivity index (χ1v) is 8.17. The zero-order chi connectivity index (χ0) is 12.2. The van der Waals surface area contributed by atoms with E-state index in [1.54, 1.807) is 0 Å². The summed E-state index contributed by atoms with van der Waals surface area (Å²) in [5.74, 6) is 1.29. The molecule has 16 heavy (non-hydrogen) atoms. The van der Waals surface area contributed by atoms with Gasteiger partial charge in [-0.25, -0.2) is 13.1 Å². The van der Waals surface area contributed by atoms with Crippen LogP contribution in [0.5, 0.6) is 0 Å². The van der Waals surface area contributed by atoms with Crippen LogP contribution in [0, 0.1) is 11.8 Å².